The van der Waals surface area contributed by atoms with Crippen LogP contribution in [0.2, 0.25) is 0 Å². The average molecular weight is 288 g/mol. The van der Waals surface area contributed by atoms with Gasteiger partial charge in [-0.25, -0.2) is 0 Å². The van der Waals surface area contributed by atoms with Crippen molar-refractivity contribution in [3.63, 3.8) is 0 Å². The Kier molecular flexibility index (Phi) is 4.62. The highest BCUT2D eigenvalue weighted by molar-refractivity contribution is 5.97. The van der Waals surface area contributed by atoms with Gasteiger partial charge in [0.1, 0.15) is 5.69 Å². The van der Waals surface area contributed by atoms with Gasteiger partial charge in [0.15, 0.2) is 17.3 Å². The Morgan fingerprint density at radius 3 is 2.67 bits per heavy atom. The second-order valence-corrected chi connectivity index (χ2v) is 5.08. The SMILES string of the molecule is COc1ccnc(Cn2ccc(C(=O)C(C)C)c2)c1OC. The van der Waals surface area contributed by atoms with Crippen LogP contribution in [0.5, 0.6) is 11.5 Å². The summed E-state index contributed by atoms with van der Waals surface area (Å²) < 4.78 is 12.5. The molecule has 5 heteroatoms. The van der Waals surface area contributed by atoms with E-state index < -0.39 is 0 Å². The topological polar surface area (TPSA) is 53.4 Å². The molecule has 0 aliphatic carbocycles. The van der Waals surface area contributed by atoms with E-state index in [0.29, 0.717) is 23.6 Å². The van der Waals surface area contributed by atoms with Crippen molar-refractivity contribution >= 4 is 5.78 Å². The van der Waals surface area contributed by atoms with E-state index in [-0.39, 0.29) is 11.7 Å². The fourth-order valence-electron chi connectivity index (χ4n) is 2.15. The van der Waals surface area contributed by atoms with Crippen molar-refractivity contribution in [3.05, 3.63) is 42.0 Å². The molecule has 5 nitrogen and oxygen atoms in total. The standard InChI is InChI=1S/C16H20N2O3/c1-11(2)15(19)12-6-8-18(9-12)10-13-16(21-4)14(20-3)5-7-17-13/h5-9,11H,10H2,1-4H3. The van der Waals surface area contributed by atoms with Crippen LogP contribution in [0.3, 0.4) is 0 Å². The van der Waals surface area contributed by atoms with E-state index in [1.807, 2.05) is 36.9 Å². The first-order valence-electron chi connectivity index (χ1n) is 6.82. The molecule has 0 spiro atoms. The van der Waals surface area contributed by atoms with Crippen LogP contribution in [0, 0.1) is 5.92 Å². The summed E-state index contributed by atoms with van der Waals surface area (Å²) in [6, 6.07) is 3.58. The Balaban J connectivity index is 2.25. The van der Waals surface area contributed by atoms with E-state index >= 15 is 0 Å². The Labute approximate surface area is 124 Å². The lowest BCUT2D eigenvalue weighted by atomic mass is 10.0. The van der Waals surface area contributed by atoms with Crippen molar-refractivity contribution < 1.29 is 14.3 Å². The van der Waals surface area contributed by atoms with Crippen LogP contribution < -0.4 is 9.47 Å². The van der Waals surface area contributed by atoms with Gasteiger partial charge in [-0.2, -0.15) is 0 Å². The van der Waals surface area contributed by atoms with E-state index in [0.717, 1.165) is 5.69 Å². The lowest BCUT2D eigenvalue weighted by Crippen LogP contribution is -2.07. The van der Waals surface area contributed by atoms with Crippen LogP contribution >= 0.6 is 0 Å². The highest BCUT2D eigenvalue weighted by Gasteiger charge is 2.14. The second kappa shape index (κ2) is 6.43. The third-order valence-electron chi connectivity index (χ3n) is 3.26. The van der Waals surface area contributed by atoms with E-state index in [2.05, 4.69) is 4.98 Å². The number of rotatable bonds is 6. The van der Waals surface area contributed by atoms with Crippen LogP contribution in [-0.2, 0) is 6.54 Å². The molecule has 0 atom stereocenters. The van der Waals surface area contributed by atoms with Gasteiger partial charge in [0, 0.05) is 36.1 Å². The maximum absolute atomic E-state index is 12.0. The number of nitrogens with zero attached hydrogens (tertiary/aromatic N) is 2. The zero-order valence-corrected chi connectivity index (χ0v) is 12.8. The molecule has 0 unspecified atom stereocenters. The minimum atomic E-state index is -0.00895. The highest BCUT2D eigenvalue weighted by atomic mass is 16.5. The van der Waals surface area contributed by atoms with Crippen molar-refractivity contribution in [3.8, 4) is 11.5 Å². The molecule has 0 bridgehead atoms. The van der Waals surface area contributed by atoms with Crippen molar-refractivity contribution in [2.75, 3.05) is 14.2 Å². The van der Waals surface area contributed by atoms with Crippen LogP contribution in [0.15, 0.2) is 30.7 Å². The zero-order valence-electron chi connectivity index (χ0n) is 12.8. The Bertz CT molecular complexity index is 632. The molecule has 2 aromatic heterocycles. The fraction of sp³-hybridized carbons (Fsp3) is 0.375. The number of carbonyl (C=O) groups excluding carboxylic acids is 1. The number of carbonyl (C=O) groups is 1. The monoisotopic (exact) mass is 288 g/mol. The summed E-state index contributed by atoms with van der Waals surface area (Å²) in [5, 5.41) is 0. The number of aromatic nitrogens is 2. The smallest absolute Gasteiger partial charge is 0.184 e. The molecule has 0 saturated carbocycles. The van der Waals surface area contributed by atoms with Gasteiger partial charge < -0.3 is 14.0 Å². The molecule has 2 rings (SSSR count). The summed E-state index contributed by atoms with van der Waals surface area (Å²) >= 11 is 0. The van der Waals surface area contributed by atoms with E-state index in [1.165, 1.54) is 0 Å². The van der Waals surface area contributed by atoms with Gasteiger partial charge in [-0.3, -0.25) is 9.78 Å². The largest absolute Gasteiger partial charge is 0.493 e. The normalized spacial score (nSPS) is 10.7. The molecule has 0 aromatic carbocycles. The predicted molar refractivity (Wildman–Crippen MR) is 80.0 cm³/mol. The number of pyridine rings is 1. The molecule has 0 aliphatic rings. The maximum Gasteiger partial charge on any atom is 0.184 e. The second-order valence-electron chi connectivity index (χ2n) is 5.08. The van der Waals surface area contributed by atoms with Crippen molar-refractivity contribution in [1.29, 1.82) is 0 Å². The average Bonchev–Trinajstić information content (AvgIpc) is 2.94. The number of Topliss-reactive ketones (excluding diaryl/α,β-unsaturated/α-hetero) is 1. The number of methoxy groups -OCH3 is 2. The Hall–Kier alpha value is -2.30. The molecule has 112 valence electrons. The minimum Gasteiger partial charge on any atom is -0.493 e. The number of ketones is 1. The summed E-state index contributed by atoms with van der Waals surface area (Å²) in [4.78, 5) is 16.3. The van der Waals surface area contributed by atoms with Crippen LogP contribution in [0.1, 0.15) is 29.9 Å². The molecule has 0 aliphatic heterocycles. The predicted octanol–water partition coefficient (Wildman–Crippen LogP) is 2.79. The first kappa shape index (κ1) is 15.1. The molecule has 21 heavy (non-hydrogen) atoms. The van der Waals surface area contributed by atoms with Crippen LogP contribution in [0.4, 0.5) is 0 Å². The first-order chi connectivity index (χ1) is 10.1. The zero-order chi connectivity index (χ0) is 15.4. The summed E-state index contributed by atoms with van der Waals surface area (Å²) in [6.07, 6.45) is 5.39. The number of hydrogen-bond donors (Lipinski definition) is 0. The van der Waals surface area contributed by atoms with Gasteiger partial charge in [0.2, 0.25) is 0 Å². The molecule has 0 fully saturated rings. The van der Waals surface area contributed by atoms with Crippen LogP contribution in [0.25, 0.3) is 0 Å². The van der Waals surface area contributed by atoms with E-state index in [9.17, 15) is 4.79 Å². The molecule has 0 amide bonds. The molecule has 2 heterocycles. The summed E-state index contributed by atoms with van der Waals surface area (Å²) in [7, 11) is 3.18. The molecule has 0 N–H and O–H groups in total. The van der Waals surface area contributed by atoms with Gasteiger partial charge in [-0.15, -0.1) is 0 Å². The maximum atomic E-state index is 12.0. The number of hydrogen-bond acceptors (Lipinski definition) is 4. The highest BCUT2D eigenvalue weighted by Crippen LogP contribution is 2.29. The van der Waals surface area contributed by atoms with E-state index in [4.69, 9.17) is 9.47 Å². The van der Waals surface area contributed by atoms with Gasteiger partial charge in [0.05, 0.1) is 20.8 Å². The quantitative estimate of drug-likeness (QED) is 0.767. The lowest BCUT2D eigenvalue weighted by Gasteiger charge is -2.12. The summed E-state index contributed by atoms with van der Waals surface area (Å²) in [5.74, 6) is 1.39. The molecule has 0 radical (unpaired) electrons. The number of ether oxygens (including phenoxy) is 2. The van der Waals surface area contributed by atoms with Gasteiger partial charge in [-0.05, 0) is 6.07 Å². The lowest BCUT2D eigenvalue weighted by molar-refractivity contribution is 0.0939. The van der Waals surface area contributed by atoms with Crippen molar-refractivity contribution in [2.45, 2.75) is 20.4 Å². The third kappa shape index (κ3) is 3.24. The third-order valence-corrected chi connectivity index (χ3v) is 3.26. The molecular weight excluding hydrogens is 268 g/mol. The van der Waals surface area contributed by atoms with Gasteiger partial charge >= 0.3 is 0 Å². The fourth-order valence-corrected chi connectivity index (χ4v) is 2.15. The van der Waals surface area contributed by atoms with E-state index in [1.54, 1.807) is 26.5 Å². The van der Waals surface area contributed by atoms with Crippen molar-refractivity contribution in [2.24, 2.45) is 5.92 Å². The minimum absolute atomic E-state index is 0.00895. The van der Waals surface area contributed by atoms with Crippen LogP contribution in [-0.4, -0.2) is 29.6 Å². The first-order valence-corrected chi connectivity index (χ1v) is 6.82. The molecular formula is C16H20N2O3. The van der Waals surface area contributed by atoms with Gasteiger partial charge in [-0.1, -0.05) is 13.8 Å². The Morgan fingerprint density at radius 2 is 2.05 bits per heavy atom. The molecule has 2 aromatic rings. The Morgan fingerprint density at radius 1 is 1.29 bits per heavy atom. The molecule has 0 saturated heterocycles. The summed E-state index contributed by atoms with van der Waals surface area (Å²) in [6.45, 7) is 4.31. The summed E-state index contributed by atoms with van der Waals surface area (Å²) in [5.41, 5.74) is 1.47. The van der Waals surface area contributed by atoms with Crippen molar-refractivity contribution in [1.82, 2.24) is 9.55 Å². The van der Waals surface area contributed by atoms with Gasteiger partial charge in [0.25, 0.3) is 0 Å².